The Bertz CT molecular complexity index is 1030. The molecule has 4 aromatic rings. The normalized spacial score (nSPS) is 11.2. The van der Waals surface area contributed by atoms with Crippen molar-refractivity contribution >= 4 is 11.0 Å². The van der Waals surface area contributed by atoms with E-state index in [4.69, 9.17) is 0 Å². The maximum Gasteiger partial charge on any atom is 0.277 e. The Hall–Kier alpha value is -3.08. The molecular weight excluding hydrogens is 300 g/mol. The van der Waals surface area contributed by atoms with Gasteiger partial charge in [0, 0.05) is 17.7 Å². The van der Waals surface area contributed by atoms with E-state index in [9.17, 15) is 4.79 Å². The molecule has 4 rings (SSSR count). The van der Waals surface area contributed by atoms with Gasteiger partial charge in [-0.25, -0.2) is 4.98 Å². The number of hydrogen-bond acceptors (Lipinski definition) is 2. The highest BCUT2D eigenvalue weighted by Gasteiger charge is 2.15. The molecule has 0 amide bonds. The number of aryl methyl sites for hydroxylation is 2. The van der Waals surface area contributed by atoms with Crippen molar-refractivity contribution in [1.82, 2.24) is 19.7 Å². The minimum atomic E-state index is -0.0628. The first-order chi connectivity index (χ1) is 11.6. The van der Waals surface area contributed by atoms with Gasteiger partial charge < -0.3 is 4.98 Å². The summed E-state index contributed by atoms with van der Waals surface area (Å²) in [7, 11) is 0. The predicted octanol–water partition coefficient (Wildman–Crippen LogP) is 3.25. The summed E-state index contributed by atoms with van der Waals surface area (Å²) in [5, 5.41) is 3.13. The molecule has 0 saturated carbocycles. The van der Waals surface area contributed by atoms with Crippen molar-refractivity contribution in [1.29, 1.82) is 0 Å². The van der Waals surface area contributed by atoms with E-state index in [0.29, 0.717) is 12.4 Å². The van der Waals surface area contributed by atoms with Crippen molar-refractivity contribution in [3.8, 4) is 5.95 Å². The van der Waals surface area contributed by atoms with Gasteiger partial charge in [0.2, 0.25) is 5.95 Å². The lowest BCUT2D eigenvalue weighted by molar-refractivity contribution is 0.790. The highest BCUT2D eigenvalue weighted by atomic mass is 16.1. The summed E-state index contributed by atoms with van der Waals surface area (Å²) >= 11 is 0. The standard InChI is InChI=1S/C19H18N4O/c1-12-7-9-14(10-8-12)11-15-13(2)22-23(18(15)24)19-20-16-5-3-4-6-17(16)21-19/h3-10,22H,11H2,1-2H3,(H,20,21). The Balaban J connectivity index is 1.75. The Morgan fingerprint density at radius 3 is 2.54 bits per heavy atom. The second-order valence-corrected chi connectivity index (χ2v) is 6.10. The van der Waals surface area contributed by atoms with Gasteiger partial charge in [-0.3, -0.25) is 9.89 Å². The molecule has 5 heteroatoms. The van der Waals surface area contributed by atoms with Gasteiger partial charge in [0.15, 0.2) is 0 Å². The topological polar surface area (TPSA) is 66.5 Å². The quantitative estimate of drug-likeness (QED) is 0.609. The fourth-order valence-corrected chi connectivity index (χ4v) is 2.89. The third-order valence-electron chi connectivity index (χ3n) is 4.28. The Kier molecular flexibility index (Phi) is 3.34. The van der Waals surface area contributed by atoms with Crippen LogP contribution in [0.2, 0.25) is 0 Å². The molecule has 24 heavy (non-hydrogen) atoms. The molecule has 0 saturated heterocycles. The van der Waals surface area contributed by atoms with Crippen molar-refractivity contribution in [3.63, 3.8) is 0 Å². The summed E-state index contributed by atoms with van der Waals surface area (Å²) in [6.45, 7) is 3.98. The molecule has 0 aliphatic heterocycles. The first-order valence-electron chi connectivity index (χ1n) is 7.93. The second-order valence-electron chi connectivity index (χ2n) is 6.10. The van der Waals surface area contributed by atoms with Crippen LogP contribution in [0, 0.1) is 13.8 Å². The van der Waals surface area contributed by atoms with E-state index in [2.05, 4.69) is 46.3 Å². The van der Waals surface area contributed by atoms with Crippen molar-refractivity contribution in [2.75, 3.05) is 0 Å². The summed E-state index contributed by atoms with van der Waals surface area (Å²) in [6, 6.07) is 16.0. The summed E-state index contributed by atoms with van der Waals surface area (Å²) in [4.78, 5) is 20.5. The van der Waals surface area contributed by atoms with Crippen LogP contribution in [0.3, 0.4) is 0 Å². The summed E-state index contributed by atoms with van der Waals surface area (Å²) in [5.74, 6) is 0.513. The van der Waals surface area contributed by atoms with Crippen molar-refractivity contribution in [3.05, 3.63) is 81.3 Å². The second kappa shape index (κ2) is 5.53. The lowest BCUT2D eigenvalue weighted by atomic mass is 10.0. The van der Waals surface area contributed by atoms with E-state index in [0.717, 1.165) is 27.9 Å². The minimum Gasteiger partial charge on any atom is -0.322 e. The molecule has 2 aromatic heterocycles. The largest absolute Gasteiger partial charge is 0.322 e. The zero-order valence-electron chi connectivity index (χ0n) is 13.6. The number of para-hydroxylation sites is 2. The number of rotatable bonds is 3. The molecule has 120 valence electrons. The Morgan fingerprint density at radius 2 is 1.79 bits per heavy atom. The molecular formula is C19H18N4O. The fourth-order valence-electron chi connectivity index (χ4n) is 2.89. The number of nitrogens with zero attached hydrogens (tertiary/aromatic N) is 2. The van der Waals surface area contributed by atoms with Crippen LogP contribution in [-0.4, -0.2) is 19.7 Å². The number of H-pyrrole nitrogens is 2. The van der Waals surface area contributed by atoms with E-state index >= 15 is 0 Å². The molecule has 2 heterocycles. The molecule has 0 aliphatic rings. The molecule has 2 aromatic carbocycles. The van der Waals surface area contributed by atoms with E-state index in [1.165, 1.54) is 10.2 Å². The average Bonchev–Trinajstić information content (AvgIpc) is 3.12. The zero-order valence-corrected chi connectivity index (χ0v) is 13.6. The average molecular weight is 318 g/mol. The summed E-state index contributed by atoms with van der Waals surface area (Å²) < 4.78 is 1.48. The third-order valence-corrected chi connectivity index (χ3v) is 4.28. The molecule has 2 N–H and O–H groups in total. The number of aromatic nitrogens is 4. The molecule has 0 spiro atoms. The van der Waals surface area contributed by atoms with Crippen LogP contribution < -0.4 is 5.56 Å². The van der Waals surface area contributed by atoms with E-state index in [1.807, 2.05) is 31.2 Å². The van der Waals surface area contributed by atoms with E-state index < -0.39 is 0 Å². The van der Waals surface area contributed by atoms with Crippen LogP contribution in [-0.2, 0) is 6.42 Å². The number of aromatic amines is 2. The molecule has 0 unspecified atom stereocenters. The summed E-state index contributed by atoms with van der Waals surface area (Å²) in [5.41, 5.74) is 5.65. The maximum atomic E-state index is 12.8. The number of benzene rings is 2. The molecule has 0 radical (unpaired) electrons. The van der Waals surface area contributed by atoms with Gasteiger partial charge in [0.25, 0.3) is 5.56 Å². The fraction of sp³-hybridized carbons (Fsp3) is 0.158. The number of nitrogens with one attached hydrogen (secondary N) is 2. The molecule has 5 nitrogen and oxygen atoms in total. The molecule has 0 bridgehead atoms. The predicted molar refractivity (Wildman–Crippen MR) is 94.8 cm³/mol. The van der Waals surface area contributed by atoms with Gasteiger partial charge in [-0.2, -0.15) is 4.68 Å². The van der Waals surface area contributed by atoms with Crippen LogP contribution in [0.15, 0.2) is 53.3 Å². The zero-order chi connectivity index (χ0) is 16.7. The van der Waals surface area contributed by atoms with Gasteiger partial charge in [0.05, 0.1) is 11.0 Å². The molecule has 0 aliphatic carbocycles. The number of fused-ring (bicyclic) bond motifs is 1. The smallest absolute Gasteiger partial charge is 0.277 e. The Morgan fingerprint density at radius 1 is 1.04 bits per heavy atom. The number of imidazole rings is 1. The lowest BCUT2D eigenvalue weighted by Crippen LogP contribution is -2.18. The first kappa shape index (κ1) is 14.5. The van der Waals surface area contributed by atoms with Crippen molar-refractivity contribution in [2.24, 2.45) is 0 Å². The highest BCUT2D eigenvalue weighted by Crippen LogP contribution is 2.14. The minimum absolute atomic E-state index is 0.0628. The molecule has 0 atom stereocenters. The highest BCUT2D eigenvalue weighted by molar-refractivity contribution is 5.75. The maximum absolute atomic E-state index is 12.8. The monoisotopic (exact) mass is 318 g/mol. The number of hydrogen-bond donors (Lipinski definition) is 2. The van der Waals surface area contributed by atoms with Crippen LogP contribution >= 0.6 is 0 Å². The van der Waals surface area contributed by atoms with E-state index in [-0.39, 0.29) is 5.56 Å². The van der Waals surface area contributed by atoms with E-state index in [1.54, 1.807) is 0 Å². The van der Waals surface area contributed by atoms with Gasteiger partial charge in [-0.1, -0.05) is 42.0 Å². The van der Waals surface area contributed by atoms with Gasteiger partial charge in [0.1, 0.15) is 0 Å². The Labute approximate surface area is 139 Å². The van der Waals surface area contributed by atoms with Crippen LogP contribution in [0.25, 0.3) is 17.0 Å². The van der Waals surface area contributed by atoms with Crippen molar-refractivity contribution in [2.45, 2.75) is 20.3 Å². The van der Waals surface area contributed by atoms with Crippen LogP contribution in [0.1, 0.15) is 22.4 Å². The van der Waals surface area contributed by atoms with Crippen molar-refractivity contribution < 1.29 is 0 Å². The lowest BCUT2D eigenvalue weighted by Gasteiger charge is -2.00. The summed E-state index contributed by atoms with van der Waals surface area (Å²) in [6.07, 6.45) is 0.606. The van der Waals surface area contributed by atoms with Gasteiger partial charge in [-0.05, 0) is 31.5 Å². The van der Waals surface area contributed by atoms with Gasteiger partial charge in [-0.15, -0.1) is 0 Å². The third kappa shape index (κ3) is 2.44. The molecule has 0 fully saturated rings. The SMILES string of the molecule is Cc1ccc(Cc2c(C)[nH]n(-c3nc4ccccc4[nH]3)c2=O)cc1. The van der Waals surface area contributed by atoms with Crippen LogP contribution in [0.5, 0.6) is 0 Å². The van der Waals surface area contributed by atoms with Gasteiger partial charge >= 0.3 is 0 Å². The van der Waals surface area contributed by atoms with Crippen LogP contribution in [0.4, 0.5) is 0 Å². The first-order valence-corrected chi connectivity index (χ1v) is 7.93.